The minimum atomic E-state index is -0.649. The highest BCUT2D eigenvalue weighted by atomic mass is 35.5. The molecule has 0 atom stereocenters. The van der Waals surface area contributed by atoms with Crippen LogP contribution < -0.4 is 14.5 Å². The standard InChI is InChI=1S/C17H17ClFN3O3/c1-25-17-11-15(14(19)10-16(17)22(23)24)21-8-6-20(7-9-21)13-4-2-12(18)3-5-13/h2-5,10-11H,6-9H2,1H3. The van der Waals surface area contributed by atoms with Gasteiger partial charge in [-0.05, 0) is 24.3 Å². The Morgan fingerprint density at radius 3 is 2.28 bits per heavy atom. The van der Waals surface area contributed by atoms with Crippen LogP contribution in [0.2, 0.25) is 5.02 Å². The van der Waals surface area contributed by atoms with Gasteiger partial charge in [-0.2, -0.15) is 0 Å². The van der Waals surface area contributed by atoms with Gasteiger partial charge in [-0.1, -0.05) is 11.6 Å². The Morgan fingerprint density at radius 2 is 1.72 bits per heavy atom. The minimum absolute atomic E-state index is 0.0570. The highest BCUT2D eigenvalue weighted by molar-refractivity contribution is 6.30. The third-order valence-electron chi connectivity index (χ3n) is 4.26. The van der Waals surface area contributed by atoms with Crippen molar-refractivity contribution in [2.24, 2.45) is 0 Å². The van der Waals surface area contributed by atoms with Gasteiger partial charge in [0.05, 0.1) is 23.8 Å². The number of rotatable bonds is 4. The molecule has 0 aliphatic carbocycles. The fourth-order valence-electron chi connectivity index (χ4n) is 2.94. The first-order valence-corrected chi connectivity index (χ1v) is 8.15. The van der Waals surface area contributed by atoms with Gasteiger partial charge >= 0.3 is 5.69 Å². The second-order valence-corrected chi connectivity index (χ2v) is 6.12. The number of methoxy groups -OCH3 is 1. The van der Waals surface area contributed by atoms with E-state index >= 15 is 0 Å². The third-order valence-corrected chi connectivity index (χ3v) is 4.51. The molecule has 2 aromatic rings. The lowest BCUT2D eigenvalue weighted by Crippen LogP contribution is -2.46. The summed E-state index contributed by atoms with van der Waals surface area (Å²) in [5.74, 6) is -0.561. The summed E-state index contributed by atoms with van der Waals surface area (Å²) in [6.45, 7) is 2.61. The van der Waals surface area contributed by atoms with E-state index in [9.17, 15) is 14.5 Å². The van der Waals surface area contributed by atoms with Gasteiger partial charge in [0.2, 0.25) is 0 Å². The summed E-state index contributed by atoms with van der Waals surface area (Å²) < 4.78 is 19.4. The Labute approximate surface area is 149 Å². The maximum Gasteiger partial charge on any atom is 0.313 e. The molecule has 0 aromatic heterocycles. The topological polar surface area (TPSA) is 58.8 Å². The fraction of sp³-hybridized carbons (Fsp3) is 0.294. The van der Waals surface area contributed by atoms with Crippen LogP contribution in [0.5, 0.6) is 5.75 Å². The number of hydrogen-bond donors (Lipinski definition) is 0. The Hall–Kier alpha value is -2.54. The molecule has 132 valence electrons. The maximum absolute atomic E-state index is 14.3. The molecule has 0 bridgehead atoms. The average Bonchev–Trinajstić information content (AvgIpc) is 2.62. The Bertz CT molecular complexity index is 777. The maximum atomic E-state index is 14.3. The highest BCUT2D eigenvalue weighted by Crippen LogP contribution is 2.34. The molecule has 3 rings (SSSR count). The second-order valence-electron chi connectivity index (χ2n) is 5.68. The molecule has 8 heteroatoms. The molecule has 0 saturated carbocycles. The van der Waals surface area contributed by atoms with Crippen LogP contribution in [0.1, 0.15) is 0 Å². The number of halogens is 2. The van der Waals surface area contributed by atoms with E-state index in [1.54, 1.807) is 0 Å². The smallest absolute Gasteiger partial charge is 0.313 e. The van der Waals surface area contributed by atoms with Crippen LogP contribution >= 0.6 is 11.6 Å². The first-order valence-electron chi connectivity index (χ1n) is 7.77. The Kier molecular flexibility index (Phi) is 4.94. The van der Waals surface area contributed by atoms with Gasteiger partial charge in [0, 0.05) is 43.0 Å². The lowest BCUT2D eigenvalue weighted by atomic mass is 10.2. The molecular weight excluding hydrogens is 349 g/mol. The summed E-state index contributed by atoms with van der Waals surface area (Å²) in [7, 11) is 1.34. The zero-order chi connectivity index (χ0) is 18.0. The largest absolute Gasteiger partial charge is 0.490 e. The van der Waals surface area contributed by atoms with Crippen LogP contribution in [0.25, 0.3) is 0 Å². The van der Waals surface area contributed by atoms with E-state index < -0.39 is 10.7 Å². The number of benzene rings is 2. The van der Waals surface area contributed by atoms with Gasteiger partial charge in [-0.15, -0.1) is 0 Å². The van der Waals surface area contributed by atoms with Crippen molar-refractivity contribution < 1.29 is 14.1 Å². The normalized spacial score (nSPS) is 14.5. The molecule has 0 unspecified atom stereocenters. The van der Waals surface area contributed by atoms with Crippen molar-refractivity contribution in [1.29, 1.82) is 0 Å². The lowest BCUT2D eigenvalue weighted by molar-refractivity contribution is -0.385. The van der Waals surface area contributed by atoms with E-state index in [0.717, 1.165) is 11.8 Å². The average molecular weight is 366 g/mol. The van der Waals surface area contributed by atoms with Crippen molar-refractivity contribution in [3.63, 3.8) is 0 Å². The molecule has 1 aliphatic heterocycles. The molecule has 1 heterocycles. The van der Waals surface area contributed by atoms with E-state index in [4.69, 9.17) is 16.3 Å². The van der Waals surface area contributed by atoms with Crippen molar-refractivity contribution in [3.05, 3.63) is 57.4 Å². The van der Waals surface area contributed by atoms with Crippen molar-refractivity contribution in [3.8, 4) is 5.75 Å². The number of anilines is 2. The molecule has 25 heavy (non-hydrogen) atoms. The summed E-state index contributed by atoms with van der Waals surface area (Å²) in [5, 5.41) is 11.7. The van der Waals surface area contributed by atoms with Crippen molar-refractivity contribution >= 4 is 28.7 Å². The van der Waals surface area contributed by atoms with Crippen LogP contribution in [0.4, 0.5) is 21.5 Å². The molecule has 0 spiro atoms. The highest BCUT2D eigenvalue weighted by Gasteiger charge is 2.24. The van der Waals surface area contributed by atoms with E-state index in [0.29, 0.717) is 36.9 Å². The minimum Gasteiger partial charge on any atom is -0.490 e. The summed E-state index contributed by atoms with van der Waals surface area (Å²) >= 11 is 5.91. The van der Waals surface area contributed by atoms with E-state index in [-0.39, 0.29) is 11.4 Å². The summed E-state index contributed by atoms with van der Waals surface area (Å²) in [6.07, 6.45) is 0. The molecule has 0 radical (unpaired) electrons. The molecule has 1 fully saturated rings. The zero-order valence-electron chi connectivity index (χ0n) is 13.6. The number of nitro groups is 1. The third kappa shape index (κ3) is 3.61. The van der Waals surface area contributed by atoms with E-state index in [1.165, 1.54) is 13.2 Å². The van der Waals surface area contributed by atoms with Crippen LogP contribution in [0, 0.1) is 15.9 Å². The summed E-state index contributed by atoms with van der Waals surface area (Å²) in [6, 6.07) is 9.89. The predicted molar refractivity (Wildman–Crippen MR) is 95.5 cm³/mol. The second kappa shape index (κ2) is 7.14. The van der Waals surface area contributed by atoms with Gasteiger partial charge in [-0.3, -0.25) is 10.1 Å². The van der Waals surface area contributed by atoms with Crippen LogP contribution in [0.3, 0.4) is 0 Å². The van der Waals surface area contributed by atoms with Crippen molar-refractivity contribution in [2.75, 3.05) is 43.1 Å². The van der Waals surface area contributed by atoms with Crippen molar-refractivity contribution in [2.45, 2.75) is 0 Å². The van der Waals surface area contributed by atoms with Gasteiger partial charge in [0.15, 0.2) is 11.6 Å². The molecule has 0 N–H and O–H groups in total. The van der Waals surface area contributed by atoms with Crippen LogP contribution in [-0.4, -0.2) is 38.2 Å². The lowest BCUT2D eigenvalue weighted by Gasteiger charge is -2.37. The first-order chi connectivity index (χ1) is 12.0. The first kappa shape index (κ1) is 17.3. The Morgan fingerprint density at radius 1 is 1.12 bits per heavy atom. The van der Waals surface area contributed by atoms with Crippen molar-refractivity contribution in [1.82, 2.24) is 0 Å². The fourth-order valence-corrected chi connectivity index (χ4v) is 3.06. The zero-order valence-corrected chi connectivity index (χ0v) is 14.4. The predicted octanol–water partition coefficient (Wildman–Crippen LogP) is 3.72. The van der Waals surface area contributed by atoms with Crippen LogP contribution in [-0.2, 0) is 0 Å². The molecule has 0 amide bonds. The number of nitro benzene ring substituents is 1. The van der Waals surface area contributed by atoms with Gasteiger partial charge < -0.3 is 14.5 Å². The summed E-state index contributed by atoms with van der Waals surface area (Å²) in [4.78, 5) is 14.4. The number of nitrogens with zero attached hydrogens (tertiary/aromatic N) is 3. The van der Waals surface area contributed by atoms with E-state index in [1.807, 2.05) is 29.2 Å². The molecule has 1 aliphatic rings. The quantitative estimate of drug-likeness (QED) is 0.610. The number of ether oxygens (including phenoxy) is 1. The molecule has 2 aromatic carbocycles. The van der Waals surface area contributed by atoms with Gasteiger partial charge in [-0.25, -0.2) is 4.39 Å². The van der Waals surface area contributed by atoms with Gasteiger partial charge in [0.25, 0.3) is 0 Å². The molecular formula is C17H17ClFN3O3. The SMILES string of the molecule is COc1cc(N2CCN(c3ccc(Cl)cc3)CC2)c(F)cc1[N+](=O)[O-]. The summed E-state index contributed by atoms with van der Waals surface area (Å²) in [5.41, 5.74) is 1.01. The van der Waals surface area contributed by atoms with E-state index in [2.05, 4.69) is 4.90 Å². The molecule has 6 nitrogen and oxygen atoms in total. The number of hydrogen-bond acceptors (Lipinski definition) is 5. The van der Waals surface area contributed by atoms with Gasteiger partial charge in [0.1, 0.15) is 0 Å². The Balaban J connectivity index is 1.76. The molecule has 1 saturated heterocycles. The number of piperazine rings is 1. The monoisotopic (exact) mass is 365 g/mol. The van der Waals surface area contributed by atoms with Crippen LogP contribution in [0.15, 0.2) is 36.4 Å².